The number of halogens is 1. The summed E-state index contributed by atoms with van der Waals surface area (Å²) in [6.45, 7) is 6.10. The average molecular weight is 571 g/mol. The quantitative estimate of drug-likeness (QED) is 0.126. The highest BCUT2D eigenvalue weighted by Crippen LogP contribution is 2.37. The molecule has 0 aliphatic carbocycles. The number of likely N-dealkylation sites (tertiary alicyclic amines) is 1. The van der Waals surface area contributed by atoms with Crippen molar-refractivity contribution in [1.82, 2.24) is 19.9 Å². The van der Waals surface area contributed by atoms with Crippen LogP contribution in [0.5, 0.6) is 0 Å². The lowest BCUT2D eigenvalue weighted by Crippen LogP contribution is -2.21. The Kier molecular flexibility index (Phi) is 7.35. The highest BCUT2D eigenvalue weighted by atomic mass is 35.5. The van der Waals surface area contributed by atoms with Crippen LogP contribution in [0.3, 0.4) is 0 Å². The number of aromatic nitrogens is 3. The highest BCUT2D eigenvalue weighted by Gasteiger charge is 2.21. The molecule has 0 radical (unpaired) electrons. The molecule has 2 aromatic heterocycles. The molecule has 3 aromatic carbocycles. The van der Waals surface area contributed by atoms with Crippen molar-refractivity contribution < 1.29 is 14.6 Å². The number of nitrogens with zero attached hydrogens (tertiary/aromatic N) is 3. The molecule has 9 nitrogen and oxygen atoms in total. The molecule has 1 saturated heterocycles. The lowest BCUT2D eigenvalue weighted by Gasteiger charge is -2.16. The van der Waals surface area contributed by atoms with E-state index in [2.05, 4.69) is 37.3 Å². The maximum absolute atomic E-state index is 9.78. The Balaban J connectivity index is 1.26. The second-order valence-electron chi connectivity index (χ2n) is 10.5. The minimum absolute atomic E-state index is 0.127. The summed E-state index contributed by atoms with van der Waals surface area (Å²) in [6, 6.07) is 15.4. The van der Waals surface area contributed by atoms with Crippen molar-refractivity contribution >= 4 is 34.2 Å². The predicted molar refractivity (Wildman–Crippen MR) is 160 cm³/mol. The van der Waals surface area contributed by atoms with Gasteiger partial charge in [-0.1, -0.05) is 35.9 Å². The third-order valence-electron chi connectivity index (χ3n) is 7.64. The Labute approximate surface area is 242 Å². The second kappa shape index (κ2) is 11.1. The van der Waals surface area contributed by atoms with Crippen molar-refractivity contribution in [3.8, 4) is 22.6 Å². The molecule has 3 heterocycles. The summed E-state index contributed by atoms with van der Waals surface area (Å²) in [7, 11) is 0. The van der Waals surface area contributed by atoms with Gasteiger partial charge in [-0.3, -0.25) is 10.3 Å². The molecular weight excluding hydrogens is 540 g/mol. The van der Waals surface area contributed by atoms with Crippen molar-refractivity contribution in [2.75, 3.05) is 18.4 Å². The highest BCUT2D eigenvalue weighted by molar-refractivity contribution is 6.34. The molecule has 1 aliphatic rings. The van der Waals surface area contributed by atoms with Crippen LogP contribution in [0.15, 0.2) is 59.1 Å². The predicted octanol–water partition coefficient (Wildman–Crippen LogP) is 5.65. The van der Waals surface area contributed by atoms with Gasteiger partial charge < -0.3 is 24.9 Å². The molecule has 1 atom stereocenters. The van der Waals surface area contributed by atoms with Gasteiger partial charge in [0.05, 0.1) is 23.9 Å². The maximum Gasteiger partial charge on any atom is 0.227 e. The number of fused-ring (bicyclic) bond motifs is 1. The number of imidazole rings is 1. The molecule has 0 amide bonds. The number of H-pyrrole nitrogens is 1. The fourth-order valence-corrected chi connectivity index (χ4v) is 5.71. The lowest BCUT2D eigenvalue weighted by molar-refractivity contribution is 0.174. The lowest BCUT2D eigenvalue weighted by atomic mass is 9.93. The molecule has 5 N–H and O–H groups in total. The van der Waals surface area contributed by atoms with Crippen LogP contribution in [0, 0.1) is 19.3 Å². The largest absolute Gasteiger partial charge is 0.434 e. The Bertz CT molecular complexity index is 1760. The van der Waals surface area contributed by atoms with Gasteiger partial charge >= 0.3 is 0 Å². The average Bonchev–Trinajstić information content (AvgIpc) is 3.70. The summed E-state index contributed by atoms with van der Waals surface area (Å²) in [5, 5.41) is 31.6. The van der Waals surface area contributed by atoms with E-state index in [-0.39, 0.29) is 18.5 Å². The van der Waals surface area contributed by atoms with E-state index in [0.29, 0.717) is 46.5 Å². The minimum Gasteiger partial charge on any atom is -0.434 e. The first-order chi connectivity index (χ1) is 19.8. The Morgan fingerprint density at radius 1 is 1.15 bits per heavy atom. The summed E-state index contributed by atoms with van der Waals surface area (Å²) >= 11 is 6.39. The summed E-state index contributed by atoms with van der Waals surface area (Å²) < 4.78 is 6.07. The summed E-state index contributed by atoms with van der Waals surface area (Å²) in [5.41, 5.74) is 8.35. The molecule has 10 heteroatoms. The van der Waals surface area contributed by atoms with Crippen molar-refractivity contribution in [3.63, 3.8) is 0 Å². The van der Waals surface area contributed by atoms with Gasteiger partial charge in [0.1, 0.15) is 5.52 Å². The van der Waals surface area contributed by atoms with Gasteiger partial charge in [0.25, 0.3) is 0 Å². The van der Waals surface area contributed by atoms with E-state index in [1.54, 1.807) is 18.3 Å². The molecule has 210 valence electrons. The van der Waals surface area contributed by atoms with Crippen LogP contribution < -0.4 is 5.32 Å². The van der Waals surface area contributed by atoms with E-state index >= 15 is 0 Å². The Morgan fingerprint density at radius 3 is 2.66 bits per heavy atom. The van der Waals surface area contributed by atoms with Crippen LogP contribution in [-0.4, -0.2) is 55.1 Å². The van der Waals surface area contributed by atoms with Gasteiger partial charge in [-0.15, -0.1) is 0 Å². The zero-order valence-electron chi connectivity index (χ0n) is 22.8. The number of hydrogen-bond acceptors (Lipinski definition) is 7. The van der Waals surface area contributed by atoms with Crippen LogP contribution in [0.4, 0.5) is 5.69 Å². The molecule has 6 rings (SSSR count). The molecular formula is C31H31ClN6O3. The van der Waals surface area contributed by atoms with Gasteiger partial charge in [-0.05, 0) is 72.4 Å². The standard InChI is InChI=1S/C31H31ClN6O3/c1-17-22(5-3-7-24(17)31-37-27-12-19(16-39)11-25(32)28(27)41-31)23-6-4-8-26(18(23)2)36-29(33)30-34-13-20(35-30)14-38-10-9-21(40)15-38/h3-8,11-13,21,39-40H,9-10,14-16H2,1-2H3,(H2,33,36)(H,34,35)/t21-/m0/s1. The fourth-order valence-electron chi connectivity index (χ4n) is 5.43. The van der Waals surface area contributed by atoms with E-state index in [4.69, 9.17) is 21.4 Å². The van der Waals surface area contributed by atoms with E-state index in [1.165, 1.54) is 0 Å². The van der Waals surface area contributed by atoms with E-state index in [0.717, 1.165) is 52.2 Å². The summed E-state index contributed by atoms with van der Waals surface area (Å²) in [6.07, 6.45) is 2.26. The topological polar surface area (TPSA) is 134 Å². The number of β-amino-alcohol motifs (C(OH)–C–C–N with tert-alkyl or cyclic N) is 1. The number of amidine groups is 1. The van der Waals surface area contributed by atoms with Gasteiger partial charge in [0, 0.05) is 36.6 Å². The number of rotatable bonds is 7. The summed E-state index contributed by atoms with van der Waals surface area (Å²) in [5.74, 6) is 1.10. The molecule has 41 heavy (non-hydrogen) atoms. The van der Waals surface area contributed by atoms with Crippen LogP contribution in [0.1, 0.15) is 34.6 Å². The number of hydrogen-bond donors (Lipinski definition) is 5. The van der Waals surface area contributed by atoms with E-state index in [1.807, 2.05) is 38.1 Å². The fraction of sp³-hybridized carbons (Fsp3) is 0.258. The number of aliphatic hydroxyl groups is 2. The molecule has 0 spiro atoms. The normalized spacial score (nSPS) is 15.6. The van der Waals surface area contributed by atoms with E-state index < -0.39 is 0 Å². The third-order valence-corrected chi connectivity index (χ3v) is 7.92. The molecule has 1 fully saturated rings. The van der Waals surface area contributed by atoms with Crippen molar-refractivity contribution in [2.45, 2.75) is 39.5 Å². The Morgan fingerprint density at radius 2 is 1.90 bits per heavy atom. The SMILES string of the molecule is Cc1c(NC(=N)c2ncc(CN3CC[C@H](O)C3)[nH]2)cccc1-c1cccc(-c2nc3cc(CO)cc(Cl)c3o2)c1C. The first-order valence-electron chi connectivity index (χ1n) is 13.5. The minimum atomic E-state index is -0.273. The monoisotopic (exact) mass is 570 g/mol. The first-order valence-corrected chi connectivity index (χ1v) is 13.9. The zero-order valence-corrected chi connectivity index (χ0v) is 23.6. The molecule has 0 unspecified atom stereocenters. The van der Waals surface area contributed by atoms with Crippen LogP contribution in [0.25, 0.3) is 33.7 Å². The van der Waals surface area contributed by atoms with Gasteiger partial charge in [0.2, 0.25) is 5.89 Å². The number of nitrogens with one attached hydrogen (secondary N) is 3. The molecule has 0 saturated carbocycles. The maximum atomic E-state index is 9.78. The van der Waals surface area contributed by atoms with Crippen molar-refractivity contribution in [3.05, 3.63) is 88.0 Å². The molecule has 5 aromatic rings. The van der Waals surface area contributed by atoms with Crippen molar-refractivity contribution in [1.29, 1.82) is 5.41 Å². The number of aliphatic hydroxyl groups excluding tert-OH is 2. The van der Waals surface area contributed by atoms with Gasteiger partial charge in [-0.2, -0.15) is 0 Å². The molecule has 1 aliphatic heterocycles. The van der Waals surface area contributed by atoms with Gasteiger partial charge in [0.15, 0.2) is 17.2 Å². The van der Waals surface area contributed by atoms with E-state index in [9.17, 15) is 10.2 Å². The smallest absolute Gasteiger partial charge is 0.227 e. The Hall–Kier alpha value is -4.02. The van der Waals surface area contributed by atoms with Gasteiger partial charge in [-0.25, -0.2) is 9.97 Å². The second-order valence-corrected chi connectivity index (χ2v) is 10.9. The third kappa shape index (κ3) is 5.37. The zero-order chi connectivity index (χ0) is 28.7. The number of oxazole rings is 1. The van der Waals surface area contributed by atoms with Crippen LogP contribution in [-0.2, 0) is 13.2 Å². The molecule has 0 bridgehead atoms. The summed E-state index contributed by atoms with van der Waals surface area (Å²) in [4.78, 5) is 14.5. The number of anilines is 1. The van der Waals surface area contributed by atoms with Crippen LogP contribution >= 0.6 is 11.6 Å². The number of aromatic amines is 1. The van der Waals surface area contributed by atoms with Crippen molar-refractivity contribution in [2.24, 2.45) is 0 Å². The number of benzene rings is 3. The van der Waals surface area contributed by atoms with Crippen LogP contribution in [0.2, 0.25) is 5.02 Å². The first kappa shape index (κ1) is 27.2.